The van der Waals surface area contributed by atoms with Gasteiger partial charge in [0.15, 0.2) is 0 Å². The number of rotatable bonds is 5. The molecular weight excluding hydrogens is 366 g/mol. The Morgan fingerprint density at radius 3 is 2.24 bits per heavy atom. The van der Waals surface area contributed by atoms with E-state index in [4.69, 9.17) is 4.42 Å². The van der Waals surface area contributed by atoms with Crippen LogP contribution in [-0.2, 0) is 5.41 Å². The Bertz CT molecular complexity index is 1170. The number of carbonyl (C=O) groups is 1. The van der Waals surface area contributed by atoms with Gasteiger partial charge in [0.2, 0.25) is 5.71 Å². The second-order valence-electron chi connectivity index (χ2n) is 7.19. The third-order valence-electron chi connectivity index (χ3n) is 5.32. The Kier molecular flexibility index (Phi) is 4.76. The standard InChI is InChI=1S/C23H21N3O3/c1-15-18(19-21(28)25-14-26-22(19)29-15)20(27)24-13-23(2,16-9-5-3-6-10-16)17-11-7-4-8-12-17/h3-12,14H,13H2,1-2H3,(H,24,27)(H,25,26,28). The van der Waals surface area contributed by atoms with E-state index in [1.54, 1.807) is 6.92 Å². The van der Waals surface area contributed by atoms with Crippen molar-refractivity contribution in [2.75, 3.05) is 6.54 Å². The van der Waals surface area contributed by atoms with Crippen molar-refractivity contribution in [1.82, 2.24) is 15.3 Å². The lowest BCUT2D eigenvalue weighted by Crippen LogP contribution is -2.40. The SMILES string of the molecule is Cc1oc2nc[nH]c(=O)c2c1C(=O)NCC(C)(c1ccccc1)c1ccccc1. The van der Waals surface area contributed by atoms with E-state index in [9.17, 15) is 9.59 Å². The van der Waals surface area contributed by atoms with E-state index in [-0.39, 0.29) is 22.6 Å². The highest BCUT2D eigenvalue weighted by molar-refractivity contribution is 6.06. The Labute approximate surface area is 167 Å². The molecule has 1 amide bonds. The van der Waals surface area contributed by atoms with Crippen LogP contribution in [0.15, 0.2) is 76.2 Å². The van der Waals surface area contributed by atoms with E-state index in [0.29, 0.717) is 12.3 Å². The van der Waals surface area contributed by atoms with Gasteiger partial charge in [0.25, 0.3) is 11.5 Å². The van der Waals surface area contributed by atoms with Crippen molar-refractivity contribution in [1.29, 1.82) is 0 Å². The van der Waals surface area contributed by atoms with Gasteiger partial charge in [-0.05, 0) is 25.0 Å². The van der Waals surface area contributed by atoms with Crippen molar-refractivity contribution >= 4 is 17.0 Å². The Hall–Kier alpha value is -3.67. The molecule has 0 unspecified atom stereocenters. The zero-order valence-corrected chi connectivity index (χ0v) is 16.2. The van der Waals surface area contributed by atoms with Gasteiger partial charge in [-0.2, -0.15) is 0 Å². The van der Waals surface area contributed by atoms with E-state index in [1.807, 2.05) is 60.7 Å². The van der Waals surface area contributed by atoms with Crippen LogP contribution in [0.4, 0.5) is 0 Å². The maximum Gasteiger partial charge on any atom is 0.262 e. The first kappa shape index (κ1) is 18.7. The molecule has 0 aliphatic heterocycles. The summed E-state index contributed by atoms with van der Waals surface area (Å²) in [5.74, 6) is 0.000613. The summed E-state index contributed by atoms with van der Waals surface area (Å²) in [6.45, 7) is 4.10. The average molecular weight is 387 g/mol. The van der Waals surface area contributed by atoms with Gasteiger partial charge < -0.3 is 14.7 Å². The van der Waals surface area contributed by atoms with E-state index in [1.165, 1.54) is 6.33 Å². The summed E-state index contributed by atoms with van der Waals surface area (Å²) in [6, 6.07) is 20.1. The second-order valence-corrected chi connectivity index (χ2v) is 7.19. The number of H-pyrrole nitrogens is 1. The number of fused-ring (bicyclic) bond motifs is 1. The third kappa shape index (κ3) is 3.33. The first-order valence-corrected chi connectivity index (χ1v) is 9.37. The number of amides is 1. The lowest BCUT2D eigenvalue weighted by atomic mass is 9.76. The fraction of sp³-hybridized carbons (Fsp3) is 0.174. The predicted octanol–water partition coefficient (Wildman–Crippen LogP) is 3.56. The summed E-state index contributed by atoms with van der Waals surface area (Å²) in [5.41, 5.74) is 1.70. The van der Waals surface area contributed by atoms with Crippen LogP contribution in [0, 0.1) is 6.92 Å². The number of benzene rings is 2. The highest BCUT2D eigenvalue weighted by atomic mass is 16.3. The summed E-state index contributed by atoms with van der Waals surface area (Å²) in [7, 11) is 0. The normalized spacial score (nSPS) is 11.5. The van der Waals surface area contributed by atoms with Crippen molar-refractivity contribution in [2.24, 2.45) is 0 Å². The lowest BCUT2D eigenvalue weighted by molar-refractivity contribution is 0.0947. The minimum atomic E-state index is -0.448. The molecule has 0 atom stereocenters. The first-order valence-electron chi connectivity index (χ1n) is 9.37. The number of furan rings is 1. The van der Waals surface area contributed by atoms with Gasteiger partial charge in [0.1, 0.15) is 11.1 Å². The summed E-state index contributed by atoms with van der Waals surface area (Å²) >= 11 is 0. The highest BCUT2D eigenvalue weighted by Gasteiger charge is 2.30. The van der Waals surface area contributed by atoms with E-state index in [2.05, 4.69) is 22.2 Å². The molecule has 2 aromatic heterocycles. The molecule has 6 nitrogen and oxygen atoms in total. The molecule has 4 aromatic rings. The molecule has 0 bridgehead atoms. The average Bonchev–Trinajstić information content (AvgIpc) is 3.10. The molecule has 0 aliphatic carbocycles. The van der Waals surface area contributed by atoms with Gasteiger partial charge in [0.05, 0.1) is 11.9 Å². The van der Waals surface area contributed by atoms with Gasteiger partial charge in [-0.15, -0.1) is 0 Å². The van der Waals surface area contributed by atoms with Gasteiger partial charge in [-0.25, -0.2) is 4.98 Å². The van der Waals surface area contributed by atoms with Crippen LogP contribution in [0.5, 0.6) is 0 Å². The minimum Gasteiger partial charge on any atom is -0.442 e. The van der Waals surface area contributed by atoms with Gasteiger partial charge in [-0.1, -0.05) is 60.7 Å². The largest absolute Gasteiger partial charge is 0.442 e. The molecule has 0 spiro atoms. The smallest absolute Gasteiger partial charge is 0.262 e. The number of nitrogens with zero attached hydrogens (tertiary/aromatic N) is 1. The van der Waals surface area contributed by atoms with Crippen molar-refractivity contribution in [3.63, 3.8) is 0 Å². The summed E-state index contributed by atoms with van der Waals surface area (Å²) in [6.07, 6.45) is 1.26. The van der Waals surface area contributed by atoms with Crippen LogP contribution in [0.1, 0.15) is 34.2 Å². The molecule has 2 aromatic carbocycles. The summed E-state index contributed by atoms with van der Waals surface area (Å²) in [5, 5.41) is 3.17. The monoisotopic (exact) mass is 387 g/mol. The number of aryl methyl sites for hydroxylation is 1. The zero-order valence-electron chi connectivity index (χ0n) is 16.2. The van der Waals surface area contributed by atoms with Crippen LogP contribution in [-0.4, -0.2) is 22.4 Å². The van der Waals surface area contributed by atoms with Crippen LogP contribution in [0.3, 0.4) is 0 Å². The highest BCUT2D eigenvalue weighted by Crippen LogP contribution is 2.31. The van der Waals surface area contributed by atoms with E-state index < -0.39 is 11.0 Å². The fourth-order valence-corrected chi connectivity index (χ4v) is 3.65. The maximum atomic E-state index is 13.1. The number of nitrogens with one attached hydrogen (secondary N) is 2. The topological polar surface area (TPSA) is 88.0 Å². The molecule has 146 valence electrons. The number of aromatic amines is 1. The van der Waals surface area contributed by atoms with Crippen molar-refractivity contribution in [2.45, 2.75) is 19.3 Å². The molecule has 0 aliphatic rings. The molecule has 2 heterocycles. The molecule has 2 N–H and O–H groups in total. The molecule has 4 rings (SSSR count). The Morgan fingerprint density at radius 1 is 1.07 bits per heavy atom. The molecular formula is C23H21N3O3. The molecule has 6 heteroatoms. The van der Waals surface area contributed by atoms with Gasteiger partial charge in [-0.3, -0.25) is 9.59 Å². The molecule has 0 saturated carbocycles. The molecule has 0 saturated heterocycles. The third-order valence-corrected chi connectivity index (χ3v) is 5.32. The number of carbonyl (C=O) groups excluding carboxylic acids is 1. The summed E-state index contributed by atoms with van der Waals surface area (Å²) in [4.78, 5) is 31.8. The van der Waals surface area contributed by atoms with Crippen LogP contribution in [0.2, 0.25) is 0 Å². The van der Waals surface area contributed by atoms with Crippen molar-refractivity contribution in [3.05, 3.63) is 99.8 Å². The van der Waals surface area contributed by atoms with Gasteiger partial charge >= 0.3 is 0 Å². The quantitative estimate of drug-likeness (QED) is 0.548. The predicted molar refractivity (Wildman–Crippen MR) is 111 cm³/mol. The van der Waals surface area contributed by atoms with Crippen LogP contribution >= 0.6 is 0 Å². The maximum absolute atomic E-state index is 13.1. The molecule has 0 radical (unpaired) electrons. The minimum absolute atomic E-state index is 0.158. The number of hydrogen-bond donors (Lipinski definition) is 2. The van der Waals surface area contributed by atoms with Crippen LogP contribution in [0.25, 0.3) is 11.1 Å². The number of aromatic nitrogens is 2. The van der Waals surface area contributed by atoms with Crippen LogP contribution < -0.4 is 10.9 Å². The van der Waals surface area contributed by atoms with Gasteiger partial charge in [0, 0.05) is 12.0 Å². The lowest BCUT2D eigenvalue weighted by Gasteiger charge is -2.31. The number of hydrogen-bond acceptors (Lipinski definition) is 4. The van der Waals surface area contributed by atoms with E-state index in [0.717, 1.165) is 11.1 Å². The summed E-state index contributed by atoms with van der Waals surface area (Å²) < 4.78 is 5.51. The Balaban J connectivity index is 1.70. The fourth-order valence-electron chi connectivity index (χ4n) is 3.65. The zero-order chi connectivity index (χ0) is 20.4. The van der Waals surface area contributed by atoms with E-state index >= 15 is 0 Å². The second kappa shape index (κ2) is 7.39. The molecule has 0 fully saturated rings. The van der Waals surface area contributed by atoms with Crippen molar-refractivity contribution in [3.8, 4) is 0 Å². The van der Waals surface area contributed by atoms with Crippen molar-refractivity contribution < 1.29 is 9.21 Å². The Morgan fingerprint density at radius 2 is 1.66 bits per heavy atom. The first-order chi connectivity index (χ1) is 14.0. The molecule has 29 heavy (non-hydrogen) atoms.